The highest BCUT2D eigenvalue weighted by molar-refractivity contribution is 5.79. The maximum atomic E-state index is 12.7. The van der Waals surface area contributed by atoms with Crippen LogP contribution >= 0.6 is 0 Å². The van der Waals surface area contributed by atoms with Crippen LogP contribution in [0.15, 0.2) is 45.8 Å². The number of hydrogen-bond acceptors (Lipinski definition) is 5. The van der Waals surface area contributed by atoms with Crippen molar-refractivity contribution in [1.29, 1.82) is 0 Å². The number of likely N-dealkylation sites (tertiary alicyclic amines) is 1. The summed E-state index contributed by atoms with van der Waals surface area (Å²) in [5.74, 6) is 1.26. The molecule has 0 saturated carbocycles. The van der Waals surface area contributed by atoms with Crippen LogP contribution in [0.5, 0.6) is 5.75 Å². The molecule has 0 unspecified atom stereocenters. The molecule has 0 spiro atoms. The van der Waals surface area contributed by atoms with E-state index >= 15 is 0 Å². The smallest absolute Gasteiger partial charge is 0.261 e. The molecular weight excluding hydrogens is 346 g/mol. The number of aromatic nitrogens is 2. The molecule has 1 aliphatic rings. The number of rotatable bonds is 4. The topological polar surface area (TPSA) is 77.6 Å². The van der Waals surface area contributed by atoms with Crippen LogP contribution in [-0.2, 0) is 11.8 Å². The van der Waals surface area contributed by atoms with E-state index in [4.69, 9.17) is 14.1 Å². The summed E-state index contributed by atoms with van der Waals surface area (Å²) in [5.41, 5.74) is 1.67. The van der Waals surface area contributed by atoms with E-state index in [0.29, 0.717) is 12.3 Å². The first-order valence-electron chi connectivity index (χ1n) is 8.97. The molecule has 4 rings (SSSR count). The quantitative estimate of drug-likeness (QED) is 0.708. The van der Waals surface area contributed by atoms with Gasteiger partial charge < -0.3 is 18.6 Å². The standard InChI is InChI=1S/C20H21N3O4/c1-13-10-17(24)18(11-26-13)27-12-19(25)23-9-5-8-16(23)20-21-14-6-3-4-7-15(14)22(20)2/h3-4,6-7,10-11,16H,5,8-9,12H2,1-2H3/t16-/m0/s1. The first kappa shape index (κ1) is 17.3. The number of benzene rings is 1. The minimum atomic E-state index is -0.292. The zero-order valence-corrected chi connectivity index (χ0v) is 15.3. The maximum Gasteiger partial charge on any atom is 0.261 e. The summed E-state index contributed by atoms with van der Waals surface area (Å²) in [6.07, 6.45) is 3.01. The Labute approximate surface area is 156 Å². The Morgan fingerprint density at radius 1 is 1.37 bits per heavy atom. The minimum absolute atomic E-state index is 0.0485. The largest absolute Gasteiger partial charge is 0.477 e. The van der Waals surface area contributed by atoms with Crippen molar-refractivity contribution in [2.45, 2.75) is 25.8 Å². The summed E-state index contributed by atoms with van der Waals surface area (Å²) in [6.45, 7) is 2.13. The van der Waals surface area contributed by atoms with E-state index in [1.165, 1.54) is 12.3 Å². The minimum Gasteiger partial charge on any atom is -0.477 e. The Hall–Kier alpha value is -3.09. The van der Waals surface area contributed by atoms with E-state index in [1.807, 2.05) is 35.9 Å². The highest BCUT2D eigenvalue weighted by Crippen LogP contribution is 2.32. The van der Waals surface area contributed by atoms with Crippen molar-refractivity contribution in [1.82, 2.24) is 14.5 Å². The normalized spacial score (nSPS) is 16.8. The van der Waals surface area contributed by atoms with Gasteiger partial charge in [-0.15, -0.1) is 0 Å². The summed E-state index contributed by atoms with van der Waals surface area (Å²) in [5, 5.41) is 0. The van der Waals surface area contributed by atoms with Gasteiger partial charge in [0.2, 0.25) is 11.2 Å². The Bertz CT molecular complexity index is 1050. The Balaban J connectivity index is 1.52. The maximum absolute atomic E-state index is 12.7. The second kappa shape index (κ2) is 6.90. The average Bonchev–Trinajstić information content (AvgIpc) is 3.26. The fourth-order valence-electron chi connectivity index (χ4n) is 3.62. The molecule has 3 aromatic rings. The van der Waals surface area contributed by atoms with Gasteiger partial charge in [0.15, 0.2) is 6.61 Å². The molecule has 1 saturated heterocycles. The van der Waals surface area contributed by atoms with Gasteiger partial charge in [-0.3, -0.25) is 9.59 Å². The molecular formula is C20H21N3O4. The molecule has 1 aromatic carbocycles. The van der Waals surface area contributed by atoms with E-state index in [0.717, 1.165) is 29.7 Å². The number of ether oxygens (including phenoxy) is 1. The second-order valence-electron chi connectivity index (χ2n) is 6.77. The summed E-state index contributed by atoms with van der Waals surface area (Å²) in [4.78, 5) is 31.1. The third-order valence-corrected chi connectivity index (χ3v) is 4.97. The van der Waals surface area contributed by atoms with Crippen molar-refractivity contribution >= 4 is 16.9 Å². The number of carbonyl (C=O) groups excluding carboxylic acids is 1. The molecule has 0 N–H and O–H groups in total. The molecule has 1 fully saturated rings. The van der Waals surface area contributed by atoms with Crippen molar-refractivity contribution in [3.05, 3.63) is 58.4 Å². The SMILES string of the molecule is Cc1cc(=O)c(OCC(=O)N2CCC[C@H]2c2nc3ccccc3n2C)co1. The lowest BCUT2D eigenvalue weighted by atomic mass is 10.2. The molecule has 0 radical (unpaired) electrons. The first-order valence-corrected chi connectivity index (χ1v) is 8.97. The second-order valence-corrected chi connectivity index (χ2v) is 6.77. The Kier molecular flexibility index (Phi) is 4.43. The van der Waals surface area contributed by atoms with Crippen molar-refractivity contribution in [3.8, 4) is 5.75 Å². The molecule has 140 valence electrons. The number of amides is 1. The number of para-hydroxylation sites is 2. The number of hydrogen-bond donors (Lipinski definition) is 0. The molecule has 1 aliphatic heterocycles. The Morgan fingerprint density at radius 3 is 2.96 bits per heavy atom. The number of imidazole rings is 1. The molecule has 1 amide bonds. The number of carbonyl (C=O) groups is 1. The molecule has 7 heteroatoms. The van der Waals surface area contributed by atoms with Crippen LogP contribution in [0.25, 0.3) is 11.0 Å². The lowest BCUT2D eigenvalue weighted by Crippen LogP contribution is -2.35. The lowest BCUT2D eigenvalue weighted by molar-refractivity contribution is -0.134. The van der Waals surface area contributed by atoms with Gasteiger partial charge in [-0.05, 0) is 31.9 Å². The van der Waals surface area contributed by atoms with Gasteiger partial charge >= 0.3 is 0 Å². The van der Waals surface area contributed by atoms with Crippen LogP contribution in [0.2, 0.25) is 0 Å². The zero-order chi connectivity index (χ0) is 19.0. The van der Waals surface area contributed by atoms with Crippen LogP contribution < -0.4 is 10.2 Å². The van der Waals surface area contributed by atoms with Crippen LogP contribution in [0, 0.1) is 6.92 Å². The van der Waals surface area contributed by atoms with Gasteiger partial charge in [-0.25, -0.2) is 4.98 Å². The summed E-state index contributed by atoms with van der Waals surface area (Å²) in [7, 11) is 1.97. The van der Waals surface area contributed by atoms with Crippen LogP contribution in [-0.4, -0.2) is 33.5 Å². The average molecular weight is 367 g/mol. The van der Waals surface area contributed by atoms with E-state index in [9.17, 15) is 9.59 Å². The lowest BCUT2D eigenvalue weighted by Gasteiger charge is -2.24. The highest BCUT2D eigenvalue weighted by atomic mass is 16.5. The van der Waals surface area contributed by atoms with Crippen LogP contribution in [0.1, 0.15) is 30.5 Å². The van der Waals surface area contributed by atoms with Crippen LogP contribution in [0.3, 0.4) is 0 Å². The van der Waals surface area contributed by atoms with Gasteiger partial charge in [0.05, 0.1) is 17.1 Å². The van der Waals surface area contributed by atoms with Gasteiger partial charge in [-0.2, -0.15) is 0 Å². The monoisotopic (exact) mass is 367 g/mol. The molecule has 3 heterocycles. The van der Waals surface area contributed by atoms with Crippen molar-refractivity contribution in [2.24, 2.45) is 7.05 Å². The van der Waals surface area contributed by atoms with E-state index in [1.54, 1.807) is 11.8 Å². The van der Waals surface area contributed by atoms with E-state index < -0.39 is 0 Å². The van der Waals surface area contributed by atoms with Gasteiger partial charge in [-0.1, -0.05) is 12.1 Å². The fourth-order valence-corrected chi connectivity index (χ4v) is 3.62. The molecule has 1 atom stereocenters. The van der Waals surface area contributed by atoms with Crippen molar-refractivity contribution in [3.63, 3.8) is 0 Å². The fraction of sp³-hybridized carbons (Fsp3) is 0.350. The predicted octanol–water partition coefficient (Wildman–Crippen LogP) is 2.58. The predicted molar refractivity (Wildman–Crippen MR) is 99.6 cm³/mol. The summed E-state index contributed by atoms with van der Waals surface area (Å²) < 4.78 is 12.6. The number of nitrogens with zero attached hydrogens (tertiary/aromatic N) is 3. The highest BCUT2D eigenvalue weighted by Gasteiger charge is 2.33. The summed E-state index contributed by atoms with van der Waals surface area (Å²) in [6, 6.07) is 9.18. The molecule has 0 aliphatic carbocycles. The van der Waals surface area contributed by atoms with E-state index in [2.05, 4.69) is 0 Å². The summed E-state index contributed by atoms with van der Waals surface area (Å²) >= 11 is 0. The van der Waals surface area contributed by atoms with Crippen molar-refractivity contribution in [2.75, 3.05) is 13.2 Å². The number of fused-ring (bicyclic) bond motifs is 1. The molecule has 7 nitrogen and oxygen atoms in total. The van der Waals surface area contributed by atoms with E-state index in [-0.39, 0.29) is 29.7 Å². The van der Waals surface area contributed by atoms with Gasteiger partial charge in [0.25, 0.3) is 5.91 Å². The van der Waals surface area contributed by atoms with Gasteiger partial charge in [0, 0.05) is 19.7 Å². The number of aryl methyl sites for hydroxylation is 2. The third-order valence-electron chi connectivity index (χ3n) is 4.97. The van der Waals surface area contributed by atoms with Crippen molar-refractivity contribution < 1.29 is 13.9 Å². The Morgan fingerprint density at radius 2 is 2.19 bits per heavy atom. The molecule has 0 bridgehead atoms. The molecule has 2 aromatic heterocycles. The molecule has 27 heavy (non-hydrogen) atoms. The first-order chi connectivity index (χ1) is 13.0. The third kappa shape index (κ3) is 3.20. The zero-order valence-electron chi connectivity index (χ0n) is 15.3. The van der Waals surface area contributed by atoms with Crippen LogP contribution in [0.4, 0.5) is 0 Å². The van der Waals surface area contributed by atoms with Gasteiger partial charge in [0.1, 0.15) is 17.8 Å².